The third-order valence-electron chi connectivity index (χ3n) is 4.01. The van der Waals surface area contributed by atoms with Gasteiger partial charge < -0.3 is 24.4 Å². The quantitative estimate of drug-likeness (QED) is 0.740. The van der Waals surface area contributed by atoms with E-state index in [-0.39, 0.29) is 12.2 Å². The molecule has 0 saturated heterocycles. The van der Waals surface area contributed by atoms with Gasteiger partial charge in [-0.1, -0.05) is 12.8 Å². The van der Waals surface area contributed by atoms with Crippen LogP contribution in [0.2, 0.25) is 0 Å². The number of hydrogen-bond acceptors (Lipinski definition) is 5. The Bertz CT molecular complexity index is 344. The predicted octanol–water partition coefficient (Wildman–Crippen LogP) is 2.42. The number of methoxy groups -OCH3 is 2. The molecule has 0 aromatic heterocycles. The molecule has 0 aromatic carbocycles. The Labute approximate surface area is 140 Å². The van der Waals surface area contributed by atoms with Gasteiger partial charge in [-0.25, -0.2) is 4.79 Å². The molecule has 0 spiro atoms. The number of carbonyl (C=O) groups excluding carboxylic acids is 1. The summed E-state index contributed by atoms with van der Waals surface area (Å²) in [6, 6.07) is 0.372. The highest BCUT2D eigenvalue weighted by atomic mass is 16.6. The van der Waals surface area contributed by atoms with Crippen molar-refractivity contribution in [2.75, 3.05) is 40.5 Å². The molecule has 6 heteroatoms. The first-order valence-corrected chi connectivity index (χ1v) is 8.60. The van der Waals surface area contributed by atoms with Gasteiger partial charge in [0, 0.05) is 39.9 Å². The second-order valence-electron chi connectivity index (χ2n) is 7.08. The largest absolute Gasteiger partial charge is 0.444 e. The highest BCUT2D eigenvalue weighted by Gasteiger charge is 2.25. The maximum absolute atomic E-state index is 12.3. The molecule has 0 bridgehead atoms. The molecule has 136 valence electrons. The fourth-order valence-electron chi connectivity index (χ4n) is 2.82. The minimum atomic E-state index is -0.486. The van der Waals surface area contributed by atoms with Crippen molar-refractivity contribution in [1.29, 1.82) is 0 Å². The number of ether oxygens (including phenoxy) is 3. The Morgan fingerprint density at radius 1 is 1.17 bits per heavy atom. The molecule has 1 fully saturated rings. The summed E-state index contributed by atoms with van der Waals surface area (Å²) in [5.41, 5.74) is -0.486. The van der Waals surface area contributed by atoms with Crippen LogP contribution in [0, 0.1) is 0 Å². The first kappa shape index (κ1) is 20.2. The van der Waals surface area contributed by atoms with E-state index in [9.17, 15) is 4.79 Å². The fourth-order valence-corrected chi connectivity index (χ4v) is 2.82. The van der Waals surface area contributed by atoms with Gasteiger partial charge in [-0.05, 0) is 33.6 Å². The SMILES string of the molecule is COCCN(CCNC1CCCCC1OC)C(=O)OC(C)(C)C. The topological polar surface area (TPSA) is 60.0 Å². The second kappa shape index (κ2) is 10.1. The monoisotopic (exact) mass is 330 g/mol. The van der Waals surface area contributed by atoms with Gasteiger partial charge >= 0.3 is 6.09 Å². The summed E-state index contributed by atoms with van der Waals surface area (Å²) in [7, 11) is 3.41. The second-order valence-corrected chi connectivity index (χ2v) is 7.08. The van der Waals surface area contributed by atoms with Crippen LogP contribution in [0.1, 0.15) is 46.5 Å². The summed E-state index contributed by atoms with van der Waals surface area (Å²) in [5.74, 6) is 0. The van der Waals surface area contributed by atoms with Crippen molar-refractivity contribution < 1.29 is 19.0 Å². The average molecular weight is 330 g/mol. The lowest BCUT2D eigenvalue weighted by atomic mass is 9.92. The first-order chi connectivity index (χ1) is 10.9. The van der Waals surface area contributed by atoms with Gasteiger partial charge in [-0.15, -0.1) is 0 Å². The molecule has 23 heavy (non-hydrogen) atoms. The predicted molar refractivity (Wildman–Crippen MR) is 90.7 cm³/mol. The maximum atomic E-state index is 12.3. The van der Waals surface area contributed by atoms with Crippen LogP contribution >= 0.6 is 0 Å². The van der Waals surface area contributed by atoms with Crippen LogP contribution in [-0.2, 0) is 14.2 Å². The van der Waals surface area contributed by atoms with Crippen LogP contribution in [0.25, 0.3) is 0 Å². The van der Waals surface area contributed by atoms with E-state index in [4.69, 9.17) is 14.2 Å². The van der Waals surface area contributed by atoms with Crippen molar-refractivity contribution in [3.05, 3.63) is 0 Å². The summed E-state index contributed by atoms with van der Waals surface area (Å²) in [5, 5.41) is 3.53. The van der Waals surface area contributed by atoms with Crippen LogP contribution in [-0.4, -0.2) is 69.2 Å². The average Bonchev–Trinajstić information content (AvgIpc) is 2.49. The molecule has 6 nitrogen and oxygen atoms in total. The van der Waals surface area contributed by atoms with Crippen LogP contribution < -0.4 is 5.32 Å². The normalized spacial score (nSPS) is 22.0. The number of rotatable bonds is 8. The Morgan fingerprint density at radius 3 is 2.48 bits per heavy atom. The standard InChI is InChI=1S/C17H34N2O4/c1-17(2,3)23-16(20)19(12-13-21-4)11-10-18-14-8-6-7-9-15(14)22-5/h14-15,18H,6-13H2,1-5H3. The highest BCUT2D eigenvalue weighted by Crippen LogP contribution is 2.20. The van der Waals surface area contributed by atoms with Gasteiger partial charge in [0.1, 0.15) is 5.60 Å². The van der Waals surface area contributed by atoms with Crippen molar-refractivity contribution in [2.24, 2.45) is 0 Å². The smallest absolute Gasteiger partial charge is 0.410 e. The highest BCUT2D eigenvalue weighted by molar-refractivity contribution is 5.68. The fraction of sp³-hybridized carbons (Fsp3) is 0.941. The third-order valence-corrected chi connectivity index (χ3v) is 4.01. The number of hydrogen-bond donors (Lipinski definition) is 1. The number of nitrogens with one attached hydrogen (secondary N) is 1. The van der Waals surface area contributed by atoms with Crippen molar-refractivity contribution in [2.45, 2.75) is 64.2 Å². The molecular formula is C17H34N2O4. The van der Waals surface area contributed by atoms with E-state index in [1.807, 2.05) is 20.8 Å². The molecule has 1 saturated carbocycles. The lowest BCUT2D eigenvalue weighted by Crippen LogP contribution is -2.47. The number of amides is 1. The summed E-state index contributed by atoms with van der Waals surface area (Å²) in [6.07, 6.45) is 4.68. The summed E-state index contributed by atoms with van der Waals surface area (Å²) < 4.78 is 16.1. The summed E-state index contributed by atoms with van der Waals surface area (Å²) in [4.78, 5) is 14.0. The molecule has 0 heterocycles. The zero-order valence-electron chi connectivity index (χ0n) is 15.4. The van der Waals surface area contributed by atoms with Gasteiger partial charge in [0.15, 0.2) is 0 Å². The van der Waals surface area contributed by atoms with E-state index in [1.54, 1.807) is 19.1 Å². The minimum Gasteiger partial charge on any atom is -0.444 e. The molecule has 1 N–H and O–H groups in total. The van der Waals surface area contributed by atoms with Gasteiger partial charge in [0.05, 0.1) is 12.7 Å². The molecule has 1 aliphatic carbocycles. The maximum Gasteiger partial charge on any atom is 0.410 e. The van der Waals surface area contributed by atoms with Crippen molar-refractivity contribution in [3.63, 3.8) is 0 Å². The molecular weight excluding hydrogens is 296 g/mol. The van der Waals surface area contributed by atoms with Gasteiger partial charge in [0.2, 0.25) is 0 Å². The zero-order chi connectivity index (χ0) is 17.3. The van der Waals surface area contributed by atoms with Crippen molar-refractivity contribution in [3.8, 4) is 0 Å². The third kappa shape index (κ3) is 7.99. The van der Waals surface area contributed by atoms with E-state index in [0.29, 0.717) is 25.7 Å². The zero-order valence-corrected chi connectivity index (χ0v) is 15.4. The van der Waals surface area contributed by atoms with Gasteiger partial charge in [-0.2, -0.15) is 0 Å². The van der Waals surface area contributed by atoms with Crippen molar-refractivity contribution in [1.82, 2.24) is 10.2 Å². The molecule has 2 unspecified atom stereocenters. The van der Waals surface area contributed by atoms with E-state index in [0.717, 1.165) is 19.4 Å². The first-order valence-electron chi connectivity index (χ1n) is 8.60. The molecule has 0 aromatic rings. The van der Waals surface area contributed by atoms with Crippen LogP contribution in [0.15, 0.2) is 0 Å². The van der Waals surface area contributed by atoms with E-state index < -0.39 is 5.60 Å². The van der Waals surface area contributed by atoms with Crippen LogP contribution in [0.5, 0.6) is 0 Å². The Balaban J connectivity index is 2.45. The molecule has 1 amide bonds. The lowest BCUT2D eigenvalue weighted by molar-refractivity contribution is 0.0183. The number of carbonyl (C=O) groups is 1. The molecule has 2 atom stereocenters. The summed E-state index contributed by atoms with van der Waals surface area (Å²) in [6.45, 7) is 8.00. The Morgan fingerprint density at radius 2 is 1.87 bits per heavy atom. The van der Waals surface area contributed by atoms with Crippen molar-refractivity contribution >= 4 is 6.09 Å². The van der Waals surface area contributed by atoms with E-state index in [2.05, 4.69) is 5.32 Å². The molecule has 1 rings (SSSR count). The number of nitrogens with zero attached hydrogens (tertiary/aromatic N) is 1. The molecule has 0 aliphatic heterocycles. The van der Waals surface area contributed by atoms with Crippen LogP contribution in [0.3, 0.4) is 0 Å². The molecule has 1 aliphatic rings. The van der Waals surface area contributed by atoms with Crippen LogP contribution in [0.4, 0.5) is 4.79 Å². The lowest BCUT2D eigenvalue weighted by Gasteiger charge is -2.32. The van der Waals surface area contributed by atoms with Gasteiger partial charge in [-0.3, -0.25) is 0 Å². The Hall–Kier alpha value is -0.850. The van der Waals surface area contributed by atoms with Gasteiger partial charge in [0.25, 0.3) is 0 Å². The minimum absolute atomic E-state index is 0.276. The van der Waals surface area contributed by atoms with E-state index in [1.165, 1.54) is 12.8 Å². The summed E-state index contributed by atoms with van der Waals surface area (Å²) >= 11 is 0. The Kier molecular flexibility index (Phi) is 8.87. The van der Waals surface area contributed by atoms with E-state index >= 15 is 0 Å². The molecule has 0 radical (unpaired) electrons.